The molecule has 0 heterocycles. The number of nitrogens with two attached hydrogens (primary N) is 1. The molecular formula is C17H32N2O2. The molecular weight excluding hydrogens is 264 g/mol. The lowest BCUT2D eigenvalue weighted by Crippen LogP contribution is -2.45. The Bertz CT molecular complexity index is 330. The molecule has 2 aliphatic carbocycles. The molecule has 2 fully saturated rings. The van der Waals surface area contributed by atoms with E-state index in [1.54, 1.807) is 0 Å². The van der Waals surface area contributed by atoms with Gasteiger partial charge in [0, 0.05) is 13.0 Å². The van der Waals surface area contributed by atoms with Gasteiger partial charge in [-0.25, -0.2) is 0 Å². The standard InChI is InChI=1S/C17H32N2O2/c18-13-16(8-4-3-5-9-16)12-15(20)19-14-17(21)10-6-1-2-7-11-17/h21H,1-14,18H2,(H,19,20). The number of carbonyl (C=O) groups is 1. The first-order valence-electron chi connectivity index (χ1n) is 8.77. The average Bonchev–Trinajstić information content (AvgIpc) is 2.72. The quantitative estimate of drug-likeness (QED) is 0.682. The molecule has 2 rings (SSSR count). The number of rotatable bonds is 5. The fourth-order valence-electron chi connectivity index (χ4n) is 3.98. The lowest BCUT2D eigenvalue weighted by Gasteiger charge is -2.36. The molecule has 0 unspecified atom stereocenters. The molecule has 0 saturated heterocycles. The minimum absolute atomic E-state index is 0.00834. The van der Waals surface area contributed by atoms with Crippen LogP contribution in [0.25, 0.3) is 0 Å². The maximum atomic E-state index is 12.3. The lowest BCUT2D eigenvalue weighted by atomic mass is 9.71. The number of hydrogen-bond donors (Lipinski definition) is 3. The van der Waals surface area contributed by atoms with Crippen molar-refractivity contribution in [3.8, 4) is 0 Å². The Balaban J connectivity index is 1.80. The highest BCUT2D eigenvalue weighted by Crippen LogP contribution is 2.38. The van der Waals surface area contributed by atoms with Crippen molar-refractivity contribution in [2.24, 2.45) is 11.1 Å². The van der Waals surface area contributed by atoms with Gasteiger partial charge in [0.05, 0.1) is 5.60 Å². The van der Waals surface area contributed by atoms with Crippen molar-refractivity contribution in [3.05, 3.63) is 0 Å². The normalized spacial score (nSPS) is 25.0. The maximum absolute atomic E-state index is 12.3. The predicted molar refractivity (Wildman–Crippen MR) is 84.9 cm³/mol. The second kappa shape index (κ2) is 7.59. The van der Waals surface area contributed by atoms with Gasteiger partial charge in [0.1, 0.15) is 0 Å². The van der Waals surface area contributed by atoms with Crippen molar-refractivity contribution < 1.29 is 9.90 Å². The highest BCUT2D eigenvalue weighted by molar-refractivity contribution is 5.76. The summed E-state index contributed by atoms with van der Waals surface area (Å²) in [6.07, 6.45) is 12.5. The molecule has 0 spiro atoms. The summed E-state index contributed by atoms with van der Waals surface area (Å²) < 4.78 is 0. The van der Waals surface area contributed by atoms with E-state index in [2.05, 4.69) is 5.32 Å². The van der Waals surface area contributed by atoms with E-state index in [1.807, 2.05) is 0 Å². The second-order valence-electron chi connectivity index (χ2n) is 7.36. The summed E-state index contributed by atoms with van der Waals surface area (Å²) in [7, 11) is 0. The van der Waals surface area contributed by atoms with Crippen molar-refractivity contribution in [3.63, 3.8) is 0 Å². The molecule has 21 heavy (non-hydrogen) atoms. The monoisotopic (exact) mass is 296 g/mol. The SMILES string of the molecule is NCC1(CC(=O)NCC2(O)CCCCCC2)CCCCC1. The Hall–Kier alpha value is -0.610. The maximum Gasteiger partial charge on any atom is 0.220 e. The third-order valence-electron chi connectivity index (χ3n) is 5.53. The summed E-state index contributed by atoms with van der Waals surface area (Å²) in [5.74, 6) is 0.0695. The fourth-order valence-corrected chi connectivity index (χ4v) is 3.98. The Morgan fingerprint density at radius 3 is 2.05 bits per heavy atom. The Morgan fingerprint density at radius 1 is 0.952 bits per heavy atom. The number of amides is 1. The molecule has 2 aliphatic rings. The van der Waals surface area contributed by atoms with E-state index in [0.29, 0.717) is 19.5 Å². The van der Waals surface area contributed by atoms with E-state index >= 15 is 0 Å². The van der Waals surface area contributed by atoms with Crippen LogP contribution >= 0.6 is 0 Å². The molecule has 0 bridgehead atoms. The van der Waals surface area contributed by atoms with Crippen LogP contribution in [0, 0.1) is 5.41 Å². The number of aliphatic hydroxyl groups is 1. The van der Waals surface area contributed by atoms with Crippen LogP contribution in [-0.2, 0) is 4.79 Å². The molecule has 0 aromatic heterocycles. The predicted octanol–water partition coefficient (Wildman–Crippen LogP) is 2.49. The van der Waals surface area contributed by atoms with Crippen LogP contribution in [0.1, 0.15) is 77.0 Å². The number of nitrogens with one attached hydrogen (secondary N) is 1. The number of carbonyl (C=O) groups excluding carboxylic acids is 1. The summed E-state index contributed by atoms with van der Waals surface area (Å²) in [5.41, 5.74) is 5.27. The molecule has 4 heteroatoms. The first-order chi connectivity index (χ1) is 10.1. The van der Waals surface area contributed by atoms with Crippen molar-refractivity contribution in [2.75, 3.05) is 13.1 Å². The molecule has 1 amide bonds. The summed E-state index contributed by atoms with van der Waals surface area (Å²) in [6.45, 7) is 1.01. The van der Waals surface area contributed by atoms with Crippen LogP contribution in [-0.4, -0.2) is 29.7 Å². The summed E-state index contributed by atoms with van der Waals surface area (Å²) in [4.78, 5) is 12.3. The minimum Gasteiger partial charge on any atom is -0.388 e. The van der Waals surface area contributed by atoms with Crippen molar-refractivity contribution in [1.82, 2.24) is 5.32 Å². The Labute approximate surface area is 128 Å². The van der Waals surface area contributed by atoms with Gasteiger partial charge in [-0.05, 0) is 37.6 Å². The van der Waals surface area contributed by atoms with Gasteiger partial charge >= 0.3 is 0 Å². The van der Waals surface area contributed by atoms with Gasteiger partial charge in [-0.3, -0.25) is 4.79 Å². The molecule has 0 atom stereocenters. The highest BCUT2D eigenvalue weighted by Gasteiger charge is 2.34. The zero-order valence-electron chi connectivity index (χ0n) is 13.3. The Morgan fingerprint density at radius 2 is 1.48 bits per heavy atom. The zero-order chi connectivity index (χ0) is 15.2. The molecule has 0 aliphatic heterocycles. The summed E-state index contributed by atoms with van der Waals surface area (Å²) in [6, 6.07) is 0. The van der Waals surface area contributed by atoms with Gasteiger partial charge in [0.2, 0.25) is 5.91 Å². The van der Waals surface area contributed by atoms with Crippen LogP contribution < -0.4 is 11.1 Å². The van der Waals surface area contributed by atoms with Gasteiger partial charge < -0.3 is 16.2 Å². The third-order valence-corrected chi connectivity index (χ3v) is 5.53. The second-order valence-corrected chi connectivity index (χ2v) is 7.36. The highest BCUT2D eigenvalue weighted by atomic mass is 16.3. The van der Waals surface area contributed by atoms with Gasteiger partial charge in [0.15, 0.2) is 0 Å². The van der Waals surface area contributed by atoms with E-state index in [-0.39, 0.29) is 11.3 Å². The van der Waals surface area contributed by atoms with Crippen LogP contribution in [0.2, 0.25) is 0 Å². The third kappa shape index (κ3) is 4.96. The van der Waals surface area contributed by atoms with Crippen molar-refractivity contribution in [1.29, 1.82) is 0 Å². The van der Waals surface area contributed by atoms with Gasteiger partial charge in [-0.1, -0.05) is 44.9 Å². The van der Waals surface area contributed by atoms with E-state index < -0.39 is 5.60 Å². The molecule has 0 aromatic carbocycles. The molecule has 2 saturated carbocycles. The average molecular weight is 296 g/mol. The van der Waals surface area contributed by atoms with Crippen LogP contribution in [0.3, 0.4) is 0 Å². The summed E-state index contributed by atoms with van der Waals surface area (Å²) in [5, 5.41) is 13.6. The smallest absolute Gasteiger partial charge is 0.220 e. The summed E-state index contributed by atoms with van der Waals surface area (Å²) >= 11 is 0. The Kier molecular flexibility index (Phi) is 6.06. The van der Waals surface area contributed by atoms with E-state index in [4.69, 9.17) is 5.73 Å². The topological polar surface area (TPSA) is 75.4 Å². The van der Waals surface area contributed by atoms with E-state index in [0.717, 1.165) is 38.5 Å². The fraction of sp³-hybridized carbons (Fsp3) is 0.941. The van der Waals surface area contributed by atoms with Crippen LogP contribution in [0.5, 0.6) is 0 Å². The first kappa shape index (κ1) is 16.8. The van der Waals surface area contributed by atoms with Crippen molar-refractivity contribution in [2.45, 2.75) is 82.7 Å². The molecule has 122 valence electrons. The van der Waals surface area contributed by atoms with Gasteiger partial charge in [-0.2, -0.15) is 0 Å². The van der Waals surface area contributed by atoms with Crippen LogP contribution in [0.4, 0.5) is 0 Å². The van der Waals surface area contributed by atoms with Gasteiger partial charge in [-0.15, -0.1) is 0 Å². The first-order valence-corrected chi connectivity index (χ1v) is 8.77. The number of hydrogen-bond acceptors (Lipinski definition) is 3. The van der Waals surface area contributed by atoms with Crippen molar-refractivity contribution >= 4 is 5.91 Å². The zero-order valence-corrected chi connectivity index (χ0v) is 13.3. The molecule has 0 aromatic rings. The van der Waals surface area contributed by atoms with Gasteiger partial charge in [0.25, 0.3) is 0 Å². The molecule has 0 radical (unpaired) electrons. The minimum atomic E-state index is -0.686. The largest absolute Gasteiger partial charge is 0.388 e. The van der Waals surface area contributed by atoms with E-state index in [9.17, 15) is 9.90 Å². The lowest BCUT2D eigenvalue weighted by molar-refractivity contribution is -0.125. The van der Waals surface area contributed by atoms with E-state index in [1.165, 1.54) is 32.1 Å². The van der Waals surface area contributed by atoms with Crippen LogP contribution in [0.15, 0.2) is 0 Å². The molecule has 4 nitrogen and oxygen atoms in total. The molecule has 4 N–H and O–H groups in total.